The molecule has 0 bridgehead atoms. The van der Waals surface area contributed by atoms with Gasteiger partial charge in [-0.1, -0.05) is 29.8 Å². The first-order chi connectivity index (χ1) is 7.18. The van der Waals surface area contributed by atoms with Gasteiger partial charge in [-0.2, -0.15) is 0 Å². The van der Waals surface area contributed by atoms with Crippen LogP contribution in [0.4, 0.5) is 0 Å². The minimum atomic E-state index is 0.0981. The van der Waals surface area contributed by atoms with Gasteiger partial charge in [0.1, 0.15) is 11.5 Å². The number of halogens is 1. The largest absolute Gasteiger partial charge is 0.508 e. The summed E-state index contributed by atoms with van der Waals surface area (Å²) in [6.45, 7) is 0. The molecule has 0 amide bonds. The first-order valence-electron chi connectivity index (χ1n) is 4.45. The second-order valence-electron chi connectivity index (χ2n) is 3.18. The molecule has 0 saturated carbocycles. The van der Waals surface area contributed by atoms with Gasteiger partial charge in [-0.05, 0) is 24.3 Å². The summed E-state index contributed by atoms with van der Waals surface area (Å²) in [7, 11) is 0. The molecule has 2 aromatic rings. The molecule has 0 aliphatic heterocycles. The molecule has 2 aromatic carbocycles. The van der Waals surface area contributed by atoms with Crippen LogP contribution < -0.4 is 0 Å². The molecule has 2 N–H and O–H groups in total. The summed E-state index contributed by atoms with van der Waals surface area (Å²) in [6.07, 6.45) is 0. The Bertz CT molecular complexity index is 495. The maximum atomic E-state index is 9.64. The first-order valence-corrected chi connectivity index (χ1v) is 4.83. The summed E-state index contributed by atoms with van der Waals surface area (Å²) in [5.41, 5.74) is 1.23. The molecule has 76 valence electrons. The van der Waals surface area contributed by atoms with E-state index >= 15 is 0 Å². The van der Waals surface area contributed by atoms with Crippen molar-refractivity contribution in [3.8, 4) is 22.6 Å². The highest BCUT2D eigenvalue weighted by Crippen LogP contribution is 2.35. The lowest BCUT2D eigenvalue weighted by Gasteiger charge is -2.06. The van der Waals surface area contributed by atoms with E-state index in [4.69, 9.17) is 11.6 Å². The molecule has 0 saturated heterocycles. The Morgan fingerprint density at radius 1 is 0.867 bits per heavy atom. The molecule has 2 rings (SSSR count). The van der Waals surface area contributed by atoms with Crippen LogP contribution in [0.1, 0.15) is 0 Å². The molecule has 0 radical (unpaired) electrons. The molecule has 2 nitrogen and oxygen atoms in total. The van der Waals surface area contributed by atoms with Gasteiger partial charge in [-0.3, -0.25) is 0 Å². The molecular weight excluding hydrogens is 212 g/mol. The maximum Gasteiger partial charge on any atom is 0.123 e. The van der Waals surface area contributed by atoms with Crippen LogP contribution in [0, 0.1) is 0 Å². The number of rotatable bonds is 1. The predicted octanol–water partition coefficient (Wildman–Crippen LogP) is 3.42. The molecule has 3 heteroatoms. The van der Waals surface area contributed by atoms with Gasteiger partial charge in [-0.25, -0.2) is 0 Å². The summed E-state index contributed by atoms with van der Waals surface area (Å²) in [5, 5.41) is 19.5. The summed E-state index contributed by atoms with van der Waals surface area (Å²) < 4.78 is 0. The van der Waals surface area contributed by atoms with Gasteiger partial charge in [-0.15, -0.1) is 0 Å². The lowest BCUT2D eigenvalue weighted by atomic mass is 10.0. The van der Waals surface area contributed by atoms with Crippen molar-refractivity contribution in [2.45, 2.75) is 0 Å². The fourth-order valence-corrected chi connectivity index (χ4v) is 1.66. The highest BCUT2D eigenvalue weighted by atomic mass is 35.5. The average molecular weight is 221 g/mol. The van der Waals surface area contributed by atoms with E-state index < -0.39 is 0 Å². The van der Waals surface area contributed by atoms with E-state index in [1.807, 2.05) is 12.1 Å². The lowest BCUT2D eigenvalue weighted by molar-refractivity contribution is 0.462. The summed E-state index contributed by atoms with van der Waals surface area (Å²) in [5.74, 6) is 0.198. The van der Waals surface area contributed by atoms with Gasteiger partial charge in [0.05, 0.1) is 0 Å². The van der Waals surface area contributed by atoms with Crippen LogP contribution >= 0.6 is 11.6 Å². The van der Waals surface area contributed by atoms with E-state index in [0.717, 1.165) is 0 Å². The van der Waals surface area contributed by atoms with Crippen LogP contribution in [0.3, 0.4) is 0 Å². The Kier molecular flexibility index (Phi) is 2.52. The standard InChI is InChI=1S/C12H9ClO2/c13-11-4-2-1-3-9(11)10-7-8(14)5-6-12(10)15/h1-7,14-15H. The van der Waals surface area contributed by atoms with Gasteiger partial charge < -0.3 is 10.2 Å². The minimum Gasteiger partial charge on any atom is -0.508 e. The number of benzene rings is 2. The third-order valence-corrected chi connectivity index (χ3v) is 2.47. The van der Waals surface area contributed by atoms with Crippen LogP contribution in [-0.2, 0) is 0 Å². The zero-order chi connectivity index (χ0) is 10.8. The van der Waals surface area contributed by atoms with E-state index in [9.17, 15) is 10.2 Å². The van der Waals surface area contributed by atoms with Crippen molar-refractivity contribution in [3.63, 3.8) is 0 Å². The number of hydrogen-bond donors (Lipinski definition) is 2. The number of phenols is 2. The van der Waals surface area contributed by atoms with Gasteiger partial charge in [0, 0.05) is 16.1 Å². The van der Waals surface area contributed by atoms with E-state index in [-0.39, 0.29) is 11.5 Å². The highest BCUT2D eigenvalue weighted by Gasteiger charge is 2.08. The Morgan fingerprint density at radius 3 is 2.33 bits per heavy atom. The molecule has 0 aliphatic rings. The van der Waals surface area contributed by atoms with Crippen molar-refractivity contribution < 1.29 is 10.2 Å². The number of hydrogen-bond acceptors (Lipinski definition) is 2. The van der Waals surface area contributed by atoms with Gasteiger partial charge >= 0.3 is 0 Å². The van der Waals surface area contributed by atoms with Crippen LogP contribution in [0.15, 0.2) is 42.5 Å². The minimum absolute atomic E-state index is 0.0981. The summed E-state index contributed by atoms with van der Waals surface area (Å²) in [6, 6.07) is 11.5. The lowest BCUT2D eigenvalue weighted by Crippen LogP contribution is -1.80. The average Bonchev–Trinajstić information content (AvgIpc) is 2.23. The quantitative estimate of drug-likeness (QED) is 0.723. The SMILES string of the molecule is Oc1ccc(O)c(-c2ccccc2Cl)c1. The predicted molar refractivity (Wildman–Crippen MR) is 60.2 cm³/mol. The van der Waals surface area contributed by atoms with Crippen LogP contribution in [0.5, 0.6) is 11.5 Å². The van der Waals surface area contributed by atoms with Crippen molar-refractivity contribution in [2.24, 2.45) is 0 Å². The van der Waals surface area contributed by atoms with Gasteiger partial charge in [0.25, 0.3) is 0 Å². The molecule has 0 fully saturated rings. The molecular formula is C12H9ClO2. The van der Waals surface area contributed by atoms with Crippen molar-refractivity contribution in [1.29, 1.82) is 0 Å². The van der Waals surface area contributed by atoms with Crippen LogP contribution in [-0.4, -0.2) is 10.2 Å². The molecule has 0 atom stereocenters. The normalized spacial score (nSPS) is 10.2. The topological polar surface area (TPSA) is 40.5 Å². The third kappa shape index (κ3) is 1.90. The third-order valence-electron chi connectivity index (χ3n) is 2.14. The van der Waals surface area contributed by atoms with E-state index in [0.29, 0.717) is 16.1 Å². The van der Waals surface area contributed by atoms with E-state index in [1.54, 1.807) is 12.1 Å². The number of phenolic OH excluding ortho intramolecular Hbond substituents is 2. The Morgan fingerprint density at radius 2 is 1.60 bits per heavy atom. The highest BCUT2D eigenvalue weighted by molar-refractivity contribution is 6.33. The van der Waals surface area contributed by atoms with Crippen LogP contribution in [0.2, 0.25) is 5.02 Å². The molecule has 0 aliphatic carbocycles. The Balaban J connectivity index is 2.64. The summed E-state index contributed by atoms with van der Waals surface area (Å²) >= 11 is 5.99. The molecule has 0 heterocycles. The first kappa shape index (κ1) is 9.87. The fourth-order valence-electron chi connectivity index (χ4n) is 1.42. The zero-order valence-electron chi connectivity index (χ0n) is 7.81. The smallest absolute Gasteiger partial charge is 0.123 e. The molecule has 0 aromatic heterocycles. The Labute approximate surface area is 92.4 Å². The van der Waals surface area contributed by atoms with Crippen molar-refractivity contribution in [3.05, 3.63) is 47.5 Å². The molecule has 0 spiro atoms. The Hall–Kier alpha value is -1.67. The second kappa shape index (κ2) is 3.83. The maximum absolute atomic E-state index is 9.64. The van der Waals surface area contributed by atoms with E-state index in [2.05, 4.69) is 0 Å². The monoisotopic (exact) mass is 220 g/mol. The van der Waals surface area contributed by atoms with Gasteiger partial charge in [0.2, 0.25) is 0 Å². The van der Waals surface area contributed by atoms with Gasteiger partial charge in [0.15, 0.2) is 0 Å². The van der Waals surface area contributed by atoms with Crippen molar-refractivity contribution in [1.82, 2.24) is 0 Å². The number of aromatic hydroxyl groups is 2. The van der Waals surface area contributed by atoms with Crippen LogP contribution in [0.25, 0.3) is 11.1 Å². The van der Waals surface area contributed by atoms with Crippen molar-refractivity contribution in [2.75, 3.05) is 0 Å². The van der Waals surface area contributed by atoms with E-state index in [1.165, 1.54) is 18.2 Å². The van der Waals surface area contributed by atoms with Crippen molar-refractivity contribution >= 4 is 11.6 Å². The fraction of sp³-hybridized carbons (Fsp3) is 0. The molecule has 15 heavy (non-hydrogen) atoms. The second-order valence-corrected chi connectivity index (χ2v) is 3.59. The zero-order valence-corrected chi connectivity index (χ0v) is 8.57. The molecule has 0 unspecified atom stereocenters. The summed E-state index contributed by atoms with van der Waals surface area (Å²) in [4.78, 5) is 0.